The quantitative estimate of drug-likeness (QED) is 0.847. The normalized spacial score (nSPS) is 21.8. The fourth-order valence-electron chi connectivity index (χ4n) is 2.25. The molecule has 1 saturated carbocycles. The first-order chi connectivity index (χ1) is 8.13. The molecule has 0 amide bonds. The molecule has 0 spiro atoms. The Labute approximate surface area is 107 Å². The highest BCUT2D eigenvalue weighted by Crippen LogP contribution is 2.62. The smallest absolute Gasteiger partial charge is 0.274 e. The summed E-state index contributed by atoms with van der Waals surface area (Å²) >= 11 is 0. The van der Waals surface area contributed by atoms with Crippen LogP contribution in [0.15, 0.2) is 21.6 Å². The Bertz CT molecular complexity index is 569. The second kappa shape index (κ2) is 3.68. The van der Waals surface area contributed by atoms with Gasteiger partial charge in [-0.1, -0.05) is 27.7 Å². The summed E-state index contributed by atoms with van der Waals surface area (Å²) in [5.41, 5.74) is -0.194. The van der Waals surface area contributed by atoms with Gasteiger partial charge in [0.25, 0.3) is 10.0 Å². The van der Waals surface area contributed by atoms with Crippen molar-refractivity contribution in [2.45, 2.75) is 38.8 Å². The molecule has 1 aromatic rings. The van der Waals surface area contributed by atoms with Gasteiger partial charge < -0.3 is 4.42 Å². The third kappa shape index (κ3) is 1.80. The molecule has 0 aromatic carbocycles. The fraction of sp³-hybridized carbons (Fsp3) is 0.583. The van der Waals surface area contributed by atoms with Crippen molar-refractivity contribution in [3.63, 3.8) is 0 Å². The number of hydrogen-bond donors (Lipinski definition) is 1. The minimum atomic E-state index is -3.70. The van der Waals surface area contributed by atoms with Crippen molar-refractivity contribution in [1.29, 1.82) is 0 Å². The maximum absolute atomic E-state index is 12.1. The minimum Gasteiger partial charge on any atom is -0.440 e. The average molecular weight is 271 g/mol. The minimum absolute atomic E-state index is 0.00434. The molecule has 1 N–H and O–H groups in total. The monoisotopic (exact) mass is 271 g/mol. The lowest BCUT2D eigenvalue weighted by Gasteiger charge is -2.05. The van der Waals surface area contributed by atoms with E-state index in [9.17, 15) is 13.2 Å². The van der Waals surface area contributed by atoms with Crippen molar-refractivity contribution in [2.24, 2.45) is 10.8 Å². The topological polar surface area (TPSA) is 76.4 Å². The number of sulfonamides is 1. The maximum Gasteiger partial charge on any atom is 0.274 e. The highest BCUT2D eigenvalue weighted by molar-refractivity contribution is 7.89. The molecule has 18 heavy (non-hydrogen) atoms. The Morgan fingerprint density at radius 2 is 1.78 bits per heavy atom. The van der Waals surface area contributed by atoms with E-state index in [0.717, 1.165) is 0 Å². The number of hydrogen-bond acceptors (Lipinski definition) is 4. The average Bonchev–Trinajstić information content (AvgIpc) is 2.68. The molecule has 0 radical (unpaired) electrons. The Morgan fingerprint density at radius 3 is 2.17 bits per heavy atom. The summed E-state index contributed by atoms with van der Waals surface area (Å²) in [4.78, 5) is 10.5. The fourth-order valence-corrected chi connectivity index (χ4v) is 3.72. The second-order valence-corrected chi connectivity index (χ2v) is 7.42. The van der Waals surface area contributed by atoms with E-state index in [1.165, 1.54) is 12.1 Å². The van der Waals surface area contributed by atoms with Crippen LogP contribution in [0.5, 0.6) is 0 Å². The van der Waals surface area contributed by atoms with Crippen LogP contribution in [0.1, 0.15) is 38.2 Å². The summed E-state index contributed by atoms with van der Waals surface area (Å²) < 4.78 is 31.7. The van der Waals surface area contributed by atoms with Crippen LogP contribution >= 0.6 is 0 Å². The van der Waals surface area contributed by atoms with Crippen molar-refractivity contribution in [3.05, 3.63) is 17.9 Å². The van der Waals surface area contributed by atoms with Gasteiger partial charge in [0.2, 0.25) is 5.09 Å². The van der Waals surface area contributed by atoms with Gasteiger partial charge >= 0.3 is 0 Å². The van der Waals surface area contributed by atoms with Crippen molar-refractivity contribution in [1.82, 2.24) is 4.72 Å². The zero-order chi connectivity index (χ0) is 13.8. The molecule has 1 fully saturated rings. The molecule has 2 rings (SSSR count). The largest absolute Gasteiger partial charge is 0.440 e. The molecule has 0 aliphatic heterocycles. The lowest BCUT2D eigenvalue weighted by molar-refractivity contribution is 0.109. The molecule has 0 atom stereocenters. The first kappa shape index (κ1) is 13.3. The number of carbonyl (C=O) groups is 1. The van der Waals surface area contributed by atoms with Gasteiger partial charge in [-0.3, -0.25) is 4.79 Å². The molecular formula is C12H17NO4S. The zero-order valence-corrected chi connectivity index (χ0v) is 11.7. The number of aldehydes is 1. The van der Waals surface area contributed by atoms with Crippen molar-refractivity contribution in [3.8, 4) is 0 Å². The van der Waals surface area contributed by atoms with Crippen LogP contribution in [-0.4, -0.2) is 20.7 Å². The molecule has 6 heteroatoms. The highest BCUT2D eigenvalue weighted by atomic mass is 32.2. The molecule has 5 nitrogen and oxygen atoms in total. The van der Waals surface area contributed by atoms with E-state index < -0.39 is 10.0 Å². The van der Waals surface area contributed by atoms with Crippen molar-refractivity contribution < 1.29 is 17.6 Å². The van der Waals surface area contributed by atoms with Gasteiger partial charge in [0.1, 0.15) is 0 Å². The van der Waals surface area contributed by atoms with Crippen LogP contribution in [0, 0.1) is 10.8 Å². The van der Waals surface area contributed by atoms with Crippen molar-refractivity contribution >= 4 is 16.3 Å². The molecule has 1 aliphatic carbocycles. The Kier molecular flexibility index (Phi) is 2.72. The maximum atomic E-state index is 12.1. The summed E-state index contributed by atoms with van der Waals surface area (Å²) in [6.45, 7) is 8.05. The number of rotatable bonds is 4. The Hall–Kier alpha value is -1.14. The molecule has 0 unspecified atom stereocenters. The standard InChI is InChI=1S/C12H17NO4S/c1-11(2)10(12(11,3)4)13-18(15,16)9-6-5-8(7-14)17-9/h5-7,10,13H,1-4H3. The van der Waals surface area contributed by atoms with Gasteiger partial charge in [-0.2, -0.15) is 0 Å². The summed E-state index contributed by atoms with van der Waals surface area (Å²) in [5, 5.41) is -0.219. The lowest BCUT2D eigenvalue weighted by Crippen LogP contribution is -2.29. The van der Waals surface area contributed by atoms with Gasteiger partial charge in [-0.05, 0) is 23.0 Å². The molecule has 100 valence electrons. The number of nitrogens with one attached hydrogen (secondary N) is 1. The third-order valence-corrected chi connectivity index (χ3v) is 5.57. The second-order valence-electron chi connectivity index (χ2n) is 5.77. The number of carbonyl (C=O) groups excluding carboxylic acids is 1. The van der Waals surface area contributed by atoms with Gasteiger partial charge in [-0.15, -0.1) is 0 Å². The summed E-state index contributed by atoms with van der Waals surface area (Å²) in [5.74, 6) is 0.00434. The predicted octanol–water partition coefficient (Wildman–Crippen LogP) is 1.81. The van der Waals surface area contributed by atoms with E-state index in [4.69, 9.17) is 4.42 Å². The van der Waals surface area contributed by atoms with Crippen molar-refractivity contribution in [2.75, 3.05) is 0 Å². The van der Waals surface area contributed by atoms with Crippen LogP contribution in [-0.2, 0) is 10.0 Å². The van der Waals surface area contributed by atoms with Gasteiger partial charge in [0.05, 0.1) is 0 Å². The first-order valence-corrected chi connectivity index (χ1v) is 7.18. The van der Waals surface area contributed by atoms with E-state index in [1.54, 1.807) is 0 Å². The Balaban J connectivity index is 2.22. The predicted molar refractivity (Wildman–Crippen MR) is 65.8 cm³/mol. The molecule has 0 bridgehead atoms. The highest BCUT2D eigenvalue weighted by Gasteiger charge is 2.66. The Morgan fingerprint density at radius 1 is 1.22 bits per heavy atom. The summed E-state index contributed by atoms with van der Waals surface area (Å²) in [6, 6.07) is 2.49. The summed E-state index contributed by atoms with van der Waals surface area (Å²) in [6.07, 6.45) is 0.476. The third-order valence-electron chi connectivity index (χ3n) is 4.28. The number of furan rings is 1. The van der Waals surface area contributed by atoms with Gasteiger partial charge in [0, 0.05) is 6.04 Å². The van der Waals surface area contributed by atoms with Crippen LogP contribution in [0.3, 0.4) is 0 Å². The van der Waals surface area contributed by atoms with Gasteiger partial charge in [0.15, 0.2) is 12.0 Å². The molecule has 1 heterocycles. The molecular weight excluding hydrogens is 254 g/mol. The molecule has 0 saturated heterocycles. The van der Waals surface area contributed by atoms with Crippen LogP contribution in [0.2, 0.25) is 0 Å². The zero-order valence-electron chi connectivity index (χ0n) is 10.9. The van der Waals surface area contributed by atoms with E-state index in [0.29, 0.717) is 6.29 Å². The van der Waals surface area contributed by atoms with Gasteiger partial charge in [-0.25, -0.2) is 13.1 Å². The van der Waals surface area contributed by atoms with Crippen LogP contribution in [0.25, 0.3) is 0 Å². The van der Waals surface area contributed by atoms with Crippen LogP contribution in [0.4, 0.5) is 0 Å². The molecule has 1 aliphatic rings. The van der Waals surface area contributed by atoms with E-state index in [-0.39, 0.29) is 27.7 Å². The van der Waals surface area contributed by atoms with Crippen LogP contribution < -0.4 is 4.72 Å². The van der Waals surface area contributed by atoms with E-state index >= 15 is 0 Å². The summed E-state index contributed by atoms with van der Waals surface area (Å²) in [7, 11) is -3.70. The lowest BCUT2D eigenvalue weighted by atomic mass is 10.0. The van der Waals surface area contributed by atoms with E-state index in [1.807, 2.05) is 27.7 Å². The SMILES string of the molecule is CC1(C)C(NS(=O)(=O)c2ccc(C=O)o2)C1(C)C. The molecule has 1 aromatic heterocycles. The van der Waals surface area contributed by atoms with E-state index in [2.05, 4.69) is 4.72 Å². The first-order valence-electron chi connectivity index (χ1n) is 5.70.